The molecular weight excluding hydrogens is 402 g/mol. The molecule has 0 aromatic heterocycles. The van der Waals surface area contributed by atoms with Gasteiger partial charge in [-0.3, -0.25) is 9.69 Å². The quantitative estimate of drug-likeness (QED) is 0.562. The van der Waals surface area contributed by atoms with Gasteiger partial charge in [0.15, 0.2) is 0 Å². The first-order valence-corrected chi connectivity index (χ1v) is 11.8. The Morgan fingerprint density at radius 1 is 1.03 bits per heavy atom. The molecule has 6 heteroatoms. The lowest BCUT2D eigenvalue weighted by Crippen LogP contribution is -2.46. The van der Waals surface area contributed by atoms with Gasteiger partial charge in [-0.25, -0.2) is 0 Å². The maximum atomic E-state index is 13.0. The van der Waals surface area contributed by atoms with E-state index in [9.17, 15) is 9.90 Å². The van der Waals surface area contributed by atoms with Gasteiger partial charge in [0.2, 0.25) is 0 Å². The Balaban J connectivity index is 1.30. The number of aliphatic hydroxyl groups is 2. The van der Waals surface area contributed by atoms with Crippen LogP contribution in [-0.4, -0.2) is 71.4 Å². The van der Waals surface area contributed by atoms with Crippen molar-refractivity contribution in [1.29, 1.82) is 0 Å². The van der Waals surface area contributed by atoms with E-state index in [-0.39, 0.29) is 12.5 Å². The summed E-state index contributed by atoms with van der Waals surface area (Å²) in [4.78, 5) is 17.1. The van der Waals surface area contributed by atoms with Crippen molar-refractivity contribution in [2.24, 2.45) is 5.92 Å². The molecule has 32 heavy (non-hydrogen) atoms. The number of nitrogens with one attached hydrogen (secondary N) is 1. The van der Waals surface area contributed by atoms with E-state index in [0.717, 1.165) is 55.7 Å². The highest BCUT2D eigenvalue weighted by atomic mass is 16.3. The van der Waals surface area contributed by atoms with Gasteiger partial charge in [0.25, 0.3) is 5.91 Å². The molecule has 0 fully saturated rings. The first kappa shape index (κ1) is 22.8. The number of fused-ring (bicyclic) bond motifs is 2. The minimum atomic E-state index is -0.556. The Bertz CT molecular complexity index is 932. The summed E-state index contributed by atoms with van der Waals surface area (Å²) >= 11 is 0. The predicted octanol–water partition coefficient (Wildman–Crippen LogP) is 2.53. The Morgan fingerprint density at radius 2 is 1.81 bits per heavy atom. The number of β-amino-alcohol motifs (C(OH)–C–C–N with tert-alkyl or cyclic N) is 1. The minimum Gasteiger partial charge on any atom is -0.396 e. The van der Waals surface area contributed by atoms with Crippen molar-refractivity contribution in [1.82, 2.24) is 9.80 Å². The molecule has 0 saturated heterocycles. The number of hydrogen-bond donors (Lipinski definition) is 3. The molecule has 4 rings (SSSR count). The third-order valence-electron chi connectivity index (χ3n) is 6.66. The van der Waals surface area contributed by atoms with Crippen LogP contribution in [0.15, 0.2) is 42.5 Å². The maximum absolute atomic E-state index is 13.0. The molecular formula is C26H35N3O3. The van der Waals surface area contributed by atoms with Gasteiger partial charge in [0.05, 0.1) is 6.10 Å². The monoisotopic (exact) mass is 437 g/mol. The highest BCUT2D eigenvalue weighted by Crippen LogP contribution is 2.24. The number of anilines is 1. The average molecular weight is 438 g/mol. The van der Waals surface area contributed by atoms with Crippen molar-refractivity contribution in [2.45, 2.75) is 38.8 Å². The minimum absolute atomic E-state index is 0.00879. The first-order chi connectivity index (χ1) is 15.5. The predicted molar refractivity (Wildman–Crippen MR) is 127 cm³/mol. The van der Waals surface area contributed by atoms with E-state index < -0.39 is 6.10 Å². The number of benzene rings is 2. The van der Waals surface area contributed by atoms with Crippen LogP contribution in [0, 0.1) is 5.92 Å². The zero-order valence-electron chi connectivity index (χ0n) is 19.0. The topological polar surface area (TPSA) is 76.0 Å². The molecule has 2 atom stereocenters. The number of amides is 1. The fourth-order valence-electron chi connectivity index (χ4n) is 4.76. The fourth-order valence-corrected chi connectivity index (χ4v) is 4.76. The molecule has 2 unspecified atom stereocenters. The van der Waals surface area contributed by atoms with E-state index in [1.165, 1.54) is 11.1 Å². The number of hydrogen-bond acceptors (Lipinski definition) is 5. The first-order valence-electron chi connectivity index (χ1n) is 11.8. The Morgan fingerprint density at radius 3 is 2.62 bits per heavy atom. The Hall–Kier alpha value is -2.41. The second-order valence-corrected chi connectivity index (χ2v) is 9.28. The van der Waals surface area contributed by atoms with E-state index >= 15 is 0 Å². The standard InChI is InChI=1S/C26H35N3O3/c1-19(10-13-30)15-27-23-6-7-25-21(14-23)9-12-29(26(25)32)18-24(31)17-28-11-8-20-4-2-3-5-22(20)16-28/h2-7,14,19,24,27,30-31H,8-13,15-18H2,1H3. The second kappa shape index (κ2) is 10.5. The SMILES string of the molecule is CC(CCO)CNc1ccc2c(c1)CCN(CC(O)CN1CCc3ccccc3C1)C2=O. The van der Waals surface area contributed by atoms with Crippen LogP contribution in [0.25, 0.3) is 0 Å². The van der Waals surface area contributed by atoms with Gasteiger partial charge in [-0.2, -0.15) is 0 Å². The molecule has 0 aliphatic carbocycles. The van der Waals surface area contributed by atoms with Crippen LogP contribution in [0.1, 0.15) is 40.4 Å². The summed E-state index contributed by atoms with van der Waals surface area (Å²) in [6, 6.07) is 14.4. The molecule has 0 bridgehead atoms. The Kier molecular flexibility index (Phi) is 7.45. The molecule has 2 aromatic rings. The van der Waals surface area contributed by atoms with Gasteiger partial charge in [-0.05, 0) is 60.1 Å². The maximum Gasteiger partial charge on any atom is 0.254 e. The van der Waals surface area contributed by atoms with E-state index in [1.807, 2.05) is 12.1 Å². The highest BCUT2D eigenvalue weighted by Gasteiger charge is 2.27. The van der Waals surface area contributed by atoms with Crippen molar-refractivity contribution in [3.8, 4) is 0 Å². The highest BCUT2D eigenvalue weighted by molar-refractivity contribution is 5.97. The van der Waals surface area contributed by atoms with Crippen LogP contribution in [0.4, 0.5) is 5.69 Å². The van der Waals surface area contributed by atoms with E-state index in [1.54, 1.807) is 4.90 Å². The lowest BCUT2D eigenvalue weighted by atomic mass is 9.97. The van der Waals surface area contributed by atoms with Gasteiger partial charge in [-0.15, -0.1) is 0 Å². The molecule has 2 aliphatic rings. The number of carbonyl (C=O) groups is 1. The van der Waals surface area contributed by atoms with Crippen LogP contribution in [0.3, 0.4) is 0 Å². The van der Waals surface area contributed by atoms with Gasteiger partial charge in [-0.1, -0.05) is 31.2 Å². The smallest absolute Gasteiger partial charge is 0.254 e. The van der Waals surface area contributed by atoms with Crippen molar-refractivity contribution in [3.63, 3.8) is 0 Å². The number of rotatable bonds is 9. The van der Waals surface area contributed by atoms with E-state index in [0.29, 0.717) is 25.6 Å². The third kappa shape index (κ3) is 5.49. The molecule has 6 nitrogen and oxygen atoms in total. The van der Waals surface area contributed by atoms with Crippen molar-refractivity contribution in [2.75, 3.05) is 44.6 Å². The summed E-state index contributed by atoms with van der Waals surface area (Å²) < 4.78 is 0. The number of aliphatic hydroxyl groups excluding tert-OH is 2. The summed E-state index contributed by atoms with van der Waals surface area (Å²) in [5.41, 5.74) is 5.56. The summed E-state index contributed by atoms with van der Waals surface area (Å²) in [7, 11) is 0. The normalized spacial score (nSPS) is 18.1. The summed E-state index contributed by atoms with van der Waals surface area (Å²) in [5, 5.41) is 23.2. The average Bonchev–Trinajstić information content (AvgIpc) is 2.79. The second-order valence-electron chi connectivity index (χ2n) is 9.28. The zero-order valence-corrected chi connectivity index (χ0v) is 19.0. The third-order valence-corrected chi connectivity index (χ3v) is 6.66. The lowest BCUT2D eigenvalue weighted by Gasteiger charge is -2.34. The Labute approximate surface area is 190 Å². The summed E-state index contributed by atoms with van der Waals surface area (Å²) in [6.45, 7) is 6.50. The van der Waals surface area contributed by atoms with E-state index in [4.69, 9.17) is 5.11 Å². The van der Waals surface area contributed by atoms with Crippen LogP contribution in [0.5, 0.6) is 0 Å². The van der Waals surface area contributed by atoms with E-state index in [2.05, 4.69) is 47.5 Å². The molecule has 172 valence electrons. The molecule has 0 spiro atoms. The molecule has 3 N–H and O–H groups in total. The van der Waals surface area contributed by atoms with Gasteiger partial charge < -0.3 is 20.4 Å². The fraction of sp³-hybridized carbons (Fsp3) is 0.500. The zero-order chi connectivity index (χ0) is 22.5. The molecule has 1 amide bonds. The van der Waals surface area contributed by atoms with Crippen LogP contribution < -0.4 is 5.32 Å². The molecule has 2 aromatic carbocycles. The largest absolute Gasteiger partial charge is 0.396 e. The van der Waals surface area contributed by atoms with Crippen molar-refractivity contribution < 1.29 is 15.0 Å². The molecule has 0 saturated carbocycles. The van der Waals surface area contributed by atoms with Crippen molar-refractivity contribution in [3.05, 3.63) is 64.7 Å². The van der Waals surface area contributed by atoms with Gasteiger partial charge in [0, 0.05) is 57.1 Å². The molecule has 2 heterocycles. The van der Waals surface area contributed by atoms with Crippen LogP contribution >= 0.6 is 0 Å². The molecule has 0 radical (unpaired) electrons. The van der Waals surface area contributed by atoms with Crippen molar-refractivity contribution >= 4 is 11.6 Å². The number of carbonyl (C=O) groups excluding carboxylic acids is 1. The van der Waals surface area contributed by atoms with Gasteiger partial charge >= 0.3 is 0 Å². The summed E-state index contributed by atoms with van der Waals surface area (Å²) in [6.07, 6.45) is 2.03. The number of nitrogens with zero attached hydrogens (tertiary/aromatic N) is 2. The van der Waals surface area contributed by atoms with Gasteiger partial charge in [0.1, 0.15) is 0 Å². The molecule has 2 aliphatic heterocycles. The van der Waals surface area contributed by atoms with Crippen LogP contribution in [0.2, 0.25) is 0 Å². The van der Waals surface area contributed by atoms with Crippen LogP contribution in [-0.2, 0) is 19.4 Å². The summed E-state index contributed by atoms with van der Waals surface area (Å²) in [5.74, 6) is 0.400. The lowest BCUT2D eigenvalue weighted by molar-refractivity contribution is 0.0493.